The Kier molecular flexibility index (Phi) is 8.69. The Bertz CT molecular complexity index is 765. The Balaban J connectivity index is 2.24. The fraction of sp³-hybridized carbons (Fsp3) is 0.526. The molecule has 1 heterocycles. The van der Waals surface area contributed by atoms with Gasteiger partial charge in [-0.25, -0.2) is 4.79 Å². The second-order valence-corrected chi connectivity index (χ2v) is 7.02. The van der Waals surface area contributed by atoms with E-state index in [4.69, 9.17) is 11.5 Å². The quantitative estimate of drug-likeness (QED) is 0.375. The standard InChI is InChI=1S/C19H28N6O5/c20-10-1-4-16(18(27)22-14-6-8-15(9-7-14)25(29)30)24(17(26)5-2-11-21)19(28)23-12-3-13-23/h6-9,16H,1-5,10-13,20-21H2,(H,22,27)/t16-/m0/s1. The van der Waals surface area contributed by atoms with Gasteiger partial charge in [0, 0.05) is 37.3 Å². The molecule has 4 amide bonds. The van der Waals surface area contributed by atoms with Crippen LogP contribution in [0.5, 0.6) is 0 Å². The Morgan fingerprint density at radius 3 is 2.27 bits per heavy atom. The summed E-state index contributed by atoms with van der Waals surface area (Å²) >= 11 is 0. The van der Waals surface area contributed by atoms with E-state index in [1.54, 1.807) is 0 Å². The zero-order valence-electron chi connectivity index (χ0n) is 16.8. The highest BCUT2D eigenvalue weighted by molar-refractivity contribution is 6.03. The van der Waals surface area contributed by atoms with Gasteiger partial charge in [-0.3, -0.25) is 24.6 Å². The normalized spacial score (nSPS) is 13.9. The zero-order valence-corrected chi connectivity index (χ0v) is 16.8. The summed E-state index contributed by atoms with van der Waals surface area (Å²) in [5, 5.41) is 13.4. The molecule has 164 valence electrons. The van der Waals surface area contributed by atoms with Gasteiger partial charge in [-0.15, -0.1) is 0 Å². The van der Waals surface area contributed by atoms with Crippen LogP contribution in [0.1, 0.15) is 32.1 Å². The van der Waals surface area contributed by atoms with Crippen molar-refractivity contribution in [2.24, 2.45) is 11.5 Å². The molecule has 11 heteroatoms. The molecule has 1 aliphatic heterocycles. The van der Waals surface area contributed by atoms with E-state index < -0.39 is 28.8 Å². The van der Waals surface area contributed by atoms with Crippen molar-refractivity contribution in [1.29, 1.82) is 0 Å². The number of likely N-dealkylation sites (tertiary alicyclic amines) is 1. The number of hydrogen-bond acceptors (Lipinski definition) is 7. The van der Waals surface area contributed by atoms with Gasteiger partial charge in [0.2, 0.25) is 11.8 Å². The third-order valence-electron chi connectivity index (χ3n) is 4.84. The number of imide groups is 1. The van der Waals surface area contributed by atoms with Crippen LogP contribution in [0, 0.1) is 10.1 Å². The van der Waals surface area contributed by atoms with Gasteiger partial charge in [0.1, 0.15) is 6.04 Å². The first kappa shape index (κ1) is 23.2. The number of non-ortho nitro benzene ring substituents is 1. The van der Waals surface area contributed by atoms with Crippen LogP contribution in [0.15, 0.2) is 24.3 Å². The Hall–Kier alpha value is -3.05. The number of nitrogens with one attached hydrogen (secondary N) is 1. The Morgan fingerprint density at radius 2 is 1.77 bits per heavy atom. The van der Waals surface area contributed by atoms with Crippen molar-refractivity contribution in [3.63, 3.8) is 0 Å². The van der Waals surface area contributed by atoms with E-state index in [0.717, 1.165) is 11.3 Å². The molecule has 0 aromatic heterocycles. The van der Waals surface area contributed by atoms with E-state index >= 15 is 0 Å². The lowest BCUT2D eigenvalue weighted by atomic mass is 10.1. The number of benzene rings is 1. The number of hydrogen-bond donors (Lipinski definition) is 3. The third-order valence-corrected chi connectivity index (χ3v) is 4.84. The van der Waals surface area contributed by atoms with Crippen LogP contribution >= 0.6 is 0 Å². The van der Waals surface area contributed by atoms with Gasteiger partial charge in [0.05, 0.1) is 4.92 Å². The first-order chi connectivity index (χ1) is 14.4. The van der Waals surface area contributed by atoms with Crippen molar-refractivity contribution in [2.45, 2.75) is 38.1 Å². The summed E-state index contributed by atoms with van der Waals surface area (Å²) in [5.74, 6) is -1.01. The van der Waals surface area contributed by atoms with Crippen LogP contribution < -0.4 is 16.8 Å². The molecule has 0 unspecified atom stereocenters. The van der Waals surface area contributed by atoms with Crippen LogP contribution in [0.25, 0.3) is 0 Å². The number of nitrogens with two attached hydrogens (primary N) is 2. The largest absolute Gasteiger partial charge is 0.330 e. The first-order valence-electron chi connectivity index (χ1n) is 9.95. The summed E-state index contributed by atoms with van der Waals surface area (Å²) in [6.45, 7) is 1.66. The van der Waals surface area contributed by atoms with Crippen LogP contribution in [0.2, 0.25) is 0 Å². The van der Waals surface area contributed by atoms with Crippen molar-refractivity contribution in [3.8, 4) is 0 Å². The highest BCUT2D eigenvalue weighted by Crippen LogP contribution is 2.20. The molecule has 2 rings (SSSR count). The minimum Gasteiger partial charge on any atom is -0.330 e. The number of anilines is 1. The number of urea groups is 1. The average molecular weight is 420 g/mol. The van der Waals surface area contributed by atoms with Gasteiger partial charge < -0.3 is 21.7 Å². The first-order valence-corrected chi connectivity index (χ1v) is 9.95. The van der Waals surface area contributed by atoms with Crippen LogP contribution in [-0.4, -0.2) is 64.8 Å². The molecule has 1 saturated heterocycles. The van der Waals surface area contributed by atoms with Gasteiger partial charge in [-0.1, -0.05) is 0 Å². The lowest BCUT2D eigenvalue weighted by Crippen LogP contribution is -2.58. The monoisotopic (exact) mass is 420 g/mol. The minimum atomic E-state index is -1.04. The highest BCUT2D eigenvalue weighted by Gasteiger charge is 2.38. The maximum Gasteiger partial charge on any atom is 0.327 e. The zero-order chi connectivity index (χ0) is 22.1. The van der Waals surface area contributed by atoms with Gasteiger partial charge >= 0.3 is 6.03 Å². The van der Waals surface area contributed by atoms with Crippen molar-refractivity contribution >= 4 is 29.2 Å². The van der Waals surface area contributed by atoms with Crippen LogP contribution in [-0.2, 0) is 9.59 Å². The van der Waals surface area contributed by atoms with E-state index in [0.29, 0.717) is 44.7 Å². The van der Waals surface area contributed by atoms with Gasteiger partial charge in [-0.05, 0) is 50.9 Å². The molecule has 30 heavy (non-hydrogen) atoms. The predicted octanol–water partition coefficient (Wildman–Crippen LogP) is 1.03. The molecule has 1 fully saturated rings. The van der Waals surface area contributed by atoms with Crippen LogP contribution in [0.4, 0.5) is 16.2 Å². The Labute approximate surface area is 174 Å². The summed E-state index contributed by atoms with van der Waals surface area (Å²) in [6, 6.07) is 3.79. The lowest BCUT2D eigenvalue weighted by Gasteiger charge is -2.38. The molecule has 1 atom stereocenters. The van der Waals surface area contributed by atoms with Gasteiger partial charge in [0.25, 0.3) is 5.69 Å². The third kappa shape index (κ3) is 5.97. The number of rotatable bonds is 10. The lowest BCUT2D eigenvalue weighted by molar-refractivity contribution is -0.384. The maximum atomic E-state index is 13.0. The maximum absolute atomic E-state index is 13.0. The number of amides is 4. The summed E-state index contributed by atoms with van der Waals surface area (Å²) in [5.41, 5.74) is 11.3. The smallest absolute Gasteiger partial charge is 0.327 e. The summed E-state index contributed by atoms with van der Waals surface area (Å²) in [6.07, 6.45) is 1.95. The summed E-state index contributed by atoms with van der Waals surface area (Å²) in [4.78, 5) is 51.5. The molecule has 11 nitrogen and oxygen atoms in total. The van der Waals surface area contributed by atoms with Crippen molar-refractivity contribution in [2.75, 3.05) is 31.5 Å². The molecule has 1 aliphatic rings. The van der Waals surface area contributed by atoms with E-state index in [2.05, 4.69) is 5.32 Å². The molecular weight excluding hydrogens is 392 g/mol. The summed E-state index contributed by atoms with van der Waals surface area (Å²) in [7, 11) is 0. The molecule has 1 aromatic rings. The molecule has 0 aliphatic carbocycles. The van der Waals surface area contributed by atoms with Gasteiger partial charge in [0.15, 0.2) is 0 Å². The van der Waals surface area contributed by atoms with E-state index in [-0.39, 0.29) is 18.5 Å². The molecule has 5 N–H and O–H groups in total. The molecule has 1 aromatic carbocycles. The highest BCUT2D eigenvalue weighted by atomic mass is 16.6. The number of nitro groups is 1. The summed E-state index contributed by atoms with van der Waals surface area (Å²) < 4.78 is 0. The van der Waals surface area contributed by atoms with E-state index in [1.807, 2.05) is 0 Å². The van der Waals surface area contributed by atoms with Gasteiger partial charge in [-0.2, -0.15) is 0 Å². The number of nitro benzene ring substituents is 1. The topological polar surface area (TPSA) is 165 Å². The SMILES string of the molecule is NCCCC(=O)N(C(=O)N1CCC1)[C@@H](CCCN)C(=O)Nc1ccc([N+](=O)[O-])cc1. The minimum absolute atomic E-state index is 0.0556. The Morgan fingerprint density at radius 1 is 1.13 bits per heavy atom. The van der Waals surface area contributed by atoms with Crippen molar-refractivity contribution < 1.29 is 19.3 Å². The molecule has 0 spiro atoms. The van der Waals surface area contributed by atoms with E-state index in [1.165, 1.54) is 29.2 Å². The molecular formula is C19H28N6O5. The van der Waals surface area contributed by atoms with Crippen LogP contribution in [0.3, 0.4) is 0 Å². The number of nitrogens with zero attached hydrogens (tertiary/aromatic N) is 3. The van der Waals surface area contributed by atoms with Crippen molar-refractivity contribution in [1.82, 2.24) is 9.80 Å². The molecule has 0 saturated carbocycles. The fourth-order valence-electron chi connectivity index (χ4n) is 3.03. The number of carbonyl (C=O) groups is 3. The van der Waals surface area contributed by atoms with Crippen molar-refractivity contribution in [3.05, 3.63) is 34.4 Å². The second kappa shape index (κ2) is 11.2. The second-order valence-electron chi connectivity index (χ2n) is 7.02. The average Bonchev–Trinajstić information content (AvgIpc) is 2.68. The molecule has 0 radical (unpaired) electrons. The predicted molar refractivity (Wildman–Crippen MR) is 111 cm³/mol. The number of carbonyl (C=O) groups excluding carboxylic acids is 3. The van der Waals surface area contributed by atoms with E-state index in [9.17, 15) is 24.5 Å². The fourth-order valence-corrected chi connectivity index (χ4v) is 3.03. The molecule has 0 bridgehead atoms.